The van der Waals surface area contributed by atoms with Crippen molar-refractivity contribution in [2.24, 2.45) is 0 Å². The first-order valence-corrected chi connectivity index (χ1v) is 6.56. The van der Waals surface area contributed by atoms with Gasteiger partial charge in [-0.15, -0.1) is 0 Å². The monoisotopic (exact) mass is 339 g/mol. The number of H-pyrrole nitrogens is 1. The van der Waals surface area contributed by atoms with Crippen molar-refractivity contribution in [1.82, 2.24) is 15.2 Å². The Morgan fingerprint density at radius 3 is 2.42 bits per heavy atom. The molecule has 24 heavy (non-hydrogen) atoms. The zero-order valence-electron chi connectivity index (χ0n) is 12.3. The number of rotatable bonds is 3. The number of hydrogen-bond donors (Lipinski definition) is 2. The summed E-state index contributed by atoms with van der Waals surface area (Å²) < 4.78 is 45.1. The molecule has 2 rings (SSSR count). The van der Waals surface area contributed by atoms with Crippen LogP contribution in [0.25, 0.3) is 11.3 Å². The molecule has 126 valence electrons. The van der Waals surface area contributed by atoms with Crippen molar-refractivity contribution in [3.63, 3.8) is 0 Å². The van der Waals surface area contributed by atoms with Gasteiger partial charge < -0.3 is 9.84 Å². The van der Waals surface area contributed by atoms with Gasteiger partial charge in [-0.25, -0.2) is 9.78 Å². The predicted octanol–water partition coefficient (Wildman–Crippen LogP) is 3.32. The number of methoxy groups -OCH3 is 1. The number of nitrogens with one attached hydrogen (secondary N) is 1. The number of benzene rings is 1. The molecule has 0 unspecified atom stereocenters. The van der Waals surface area contributed by atoms with Crippen LogP contribution in [0.2, 0.25) is 0 Å². The van der Waals surface area contributed by atoms with E-state index in [4.69, 9.17) is 9.84 Å². The van der Waals surface area contributed by atoms with Crippen molar-refractivity contribution < 1.29 is 27.8 Å². The molecule has 0 aliphatic carbocycles. The van der Waals surface area contributed by atoms with Crippen LogP contribution in [0, 0.1) is 0 Å². The Morgan fingerprint density at radius 2 is 1.88 bits per heavy atom. The van der Waals surface area contributed by atoms with Crippen LogP contribution >= 0.6 is 0 Å². The molecule has 0 amide bonds. The average molecular weight is 339 g/mol. The molecule has 6 nitrogen and oxygen atoms in total. The number of carboxylic acids is 1. The first-order chi connectivity index (χ1) is 11.3. The number of aromatic carboxylic acids is 1. The Morgan fingerprint density at radius 1 is 1.21 bits per heavy atom. The van der Waals surface area contributed by atoms with E-state index in [2.05, 4.69) is 15.2 Å². The summed E-state index contributed by atoms with van der Waals surface area (Å²) in [6.45, 7) is 0. The highest BCUT2D eigenvalue weighted by Gasteiger charge is 2.34. The van der Waals surface area contributed by atoms with E-state index < -0.39 is 29.2 Å². The normalized spacial score (nSPS) is 10.8. The zero-order chi connectivity index (χ0) is 17.7. The van der Waals surface area contributed by atoms with Crippen LogP contribution in [0.1, 0.15) is 16.2 Å². The van der Waals surface area contributed by atoms with Crippen LogP contribution in [0.5, 0.6) is 5.75 Å². The van der Waals surface area contributed by atoms with Gasteiger partial charge in [0.05, 0.1) is 18.4 Å². The smallest absolute Gasteiger partial charge is 0.418 e. The summed E-state index contributed by atoms with van der Waals surface area (Å²) in [6.07, 6.45) is -3.74. The largest absolute Gasteiger partial charge is 0.497 e. The second-order valence-electron chi connectivity index (χ2n) is 4.50. The van der Waals surface area contributed by atoms with Crippen LogP contribution in [0.4, 0.5) is 13.2 Å². The Bertz CT molecular complexity index is 785. The van der Waals surface area contributed by atoms with Gasteiger partial charge in [-0.1, -0.05) is 0 Å². The first-order valence-electron chi connectivity index (χ1n) is 6.56. The lowest BCUT2D eigenvalue weighted by Crippen LogP contribution is -2.09. The van der Waals surface area contributed by atoms with Crippen LogP contribution in [0.15, 0.2) is 42.6 Å². The molecule has 0 atom stereocenters. The molecule has 1 heterocycles. The molecule has 0 bridgehead atoms. The molecule has 0 aliphatic heterocycles. The summed E-state index contributed by atoms with van der Waals surface area (Å²) in [4.78, 5) is 14.8. The van der Waals surface area contributed by atoms with Crippen molar-refractivity contribution in [3.8, 4) is 17.0 Å². The SMILES string of the molecule is COc1ccc(-c2nc(C(=O)O)[nH]ncccc2C(F)(F)F)cc1. The minimum atomic E-state index is -4.74. The molecule has 9 heteroatoms. The summed E-state index contributed by atoms with van der Waals surface area (Å²) in [5.41, 5.74) is -1.56. The lowest BCUT2D eigenvalue weighted by molar-refractivity contribution is -0.137. The van der Waals surface area contributed by atoms with Crippen LogP contribution in [0.3, 0.4) is 0 Å². The van der Waals surface area contributed by atoms with Gasteiger partial charge in [0, 0.05) is 11.8 Å². The van der Waals surface area contributed by atoms with Crippen molar-refractivity contribution in [2.75, 3.05) is 7.11 Å². The highest BCUT2D eigenvalue weighted by atomic mass is 19.4. The third kappa shape index (κ3) is 4.00. The molecule has 0 aliphatic rings. The van der Waals surface area contributed by atoms with Gasteiger partial charge in [-0.3, -0.25) is 5.10 Å². The van der Waals surface area contributed by atoms with Crippen molar-refractivity contribution in [2.45, 2.75) is 6.18 Å². The molecular formula is C15H12F3N3O3. The van der Waals surface area contributed by atoms with E-state index in [0.29, 0.717) is 5.75 Å². The number of aromatic amines is 1. The fourth-order valence-electron chi connectivity index (χ4n) is 1.85. The molecular weight excluding hydrogens is 327 g/mol. The summed E-state index contributed by atoms with van der Waals surface area (Å²) in [5.74, 6) is -1.83. The molecule has 2 aromatic rings. The second-order valence-corrected chi connectivity index (χ2v) is 4.50. The fourth-order valence-corrected chi connectivity index (χ4v) is 1.85. The topological polar surface area (TPSA) is 88.1 Å². The third-order valence-electron chi connectivity index (χ3n) is 2.94. The minimum Gasteiger partial charge on any atom is -0.497 e. The van der Waals surface area contributed by atoms with Gasteiger partial charge in [0.1, 0.15) is 5.75 Å². The second kappa shape index (κ2) is 6.99. The minimum absolute atomic E-state index is 0.0789. The number of carboxylic acid groups (broad SMARTS) is 1. The molecule has 0 radical (unpaired) electrons. The molecule has 0 saturated carbocycles. The molecule has 0 spiro atoms. The van der Waals surface area contributed by atoms with Crippen molar-refractivity contribution >= 4 is 5.97 Å². The summed E-state index contributed by atoms with van der Waals surface area (Å²) >= 11 is 0. The maximum atomic E-state index is 13.4. The van der Waals surface area contributed by atoms with Gasteiger partial charge in [-0.05, 0) is 36.4 Å². The maximum absolute atomic E-state index is 13.4. The number of carbonyl (C=O) groups is 1. The standard InChI is InChI=1S/C15H12F3N3O3/c1-24-10-6-4-9(5-7-10)12-11(15(16,17)18)3-2-8-19-21-13(20-12)14(22)23/h2-8H,1H3,(H,20,21)(H,22,23). The van der Waals surface area contributed by atoms with E-state index in [1.807, 2.05) is 0 Å². The first kappa shape index (κ1) is 17.3. The molecule has 0 fully saturated rings. The number of nitrogens with zero attached hydrogens (tertiary/aromatic N) is 2. The maximum Gasteiger partial charge on any atom is 0.418 e. The Labute approximate surface area is 134 Å². The van der Waals surface area contributed by atoms with Gasteiger partial charge in [-0.2, -0.15) is 18.3 Å². The predicted molar refractivity (Wildman–Crippen MR) is 78.0 cm³/mol. The number of halogens is 3. The summed E-state index contributed by atoms with van der Waals surface area (Å²) in [5, 5.41) is 14.6. The zero-order valence-corrected chi connectivity index (χ0v) is 12.3. The fraction of sp³-hybridized carbons (Fsp3) is 0.133. The van der Waals surface area contributed by atoms with E-state index in [0.717, 1.165) is 18.3 Å². The Kier molecular flexibility index (Phi) is 5.02. The lowest BCUT2D eigenvalue weighted by atomic mass is 10.1. The number of aromatic nitrogens is 3. The average Bonchev–Trinajstić information content (AvgIpc) is 2.64. The highest BCUT2D eigenvalue weighted by molar-refractivity contribution is 5.83. The quantitative estimate of drug-likeness (QED) is 0.895. The van der Waals surface area contributed by atoms with Gasteiger partial charge >= 0.3 is 12.1 Å². The third-order valence-corrected chi connectivity index (χ3v) is 2.94. The van der Waals surface area contributed by atoms with Gasteiger partial charge in [0.15, 0.2) is 0 Å². The highest BCUT2D eigenvalue weighted by Crippen LogP contribution is 2.35. The Balaban J connectivity index is 2.84. The van der Waals surface area contributed by atoms with Crippen LogP contribution in [-0.2, 0) is 6.18 Å². The van der Waals surface area contributed by atoms with E-state index in [1.54, 1.807) is 0 Å². The molecule has 2 N–H and O–H groups in total. The van der Waals surface area contributed by atoms with E-state index in [-0.39, 0.29) is 5.56 Å². The van der Waals surface area contributed by atoms with Crippen LogP contribution < -0.4 is 4.74 Å². The number of hydrogen-bond acceptors (Lipinski definition) is 4. The van der Waals surface area contributed by atoms with Crippen molar-refractivity contribution in [1.29, 1.82) is 0 Å². The van der Waals surface area contributed by atoms with Crippen LogP contribution in [-0.4, -0.2) is 33.4 Å². The molecule has 0 saturated heterocycles. The molecule has 1 aromatic carbocycles. The Hall–Kier alpha value is -3.10. The number of alkyl halides is 3. The van der Waals surface area contributed by atoms with E-state index in [1.165, 1.54) is 31.4 Å². The summed E-state index contributed by atoms with van der Waals surface area (Å²) in [7, 11) is 1.42. The van der Waals surface area contributed by atoms with Gasteiger partial charge in [0.25, 0.3) is 0 Å². The van der Waals surface area contributed by atoms with E-state index in [9.17, 15) is 18.0 Å². The van der Waals surface area contributed by atoms with Gasteiger partial charge in [0.2, 0.25) is 5.82 Å². The number of ether oxygens (including phenoxy) is 1. The van der Waals surface area contributed by atoms with E-state index >= 15 is 0 Å². The summed E-state index contributed by atoms with van der Waals surface area (Å²) in [6, 6.07) is 7.43. The lowest BCUT2D eigenvalue weighted by Gasteiger charge is -2.10. The van der Waals surface area contributed by atoms with Crippen molar-refractivity contribution in [3.05, 3.63) is 54.0 Å². The molecule has 1 aromatic heterocycles.